The summed E-state index contributed by atoms with van der Waals surface area (Å²) in [6.45, 7) is 22.2. The van der Waals surface area contributed by atoms with Gasteiger partial charge in [0.25, 0.3) is 0 Å². The number of benzene rings is 3. The number of urea groups is 1. The number of carbonyl (C=O) groups excluding carboxylic acids is 5. The van der Waals surface area contributed by atoms with Crippen molar-refractivity contribution in [2.24, 2.45) is 10.4 Å². The largest absolute Gasteiger partial charge is 0.456 e. The molecule has 58 heavy (non-hydrogen) atoms. The van der Waals surface area contributed by atoms with Gasteiger partial charge in [-0.1, -0.05) is 44.5 Å². The fraction of sp³-hybridized carbons (Fsp3) is 0.442. The zero-order chi connectivity index (χ0) is 43.8. The lowest BCUT2D eigenvalue weighted by Gasteiger charge is -2.33. The van der Waals surface area contributed by atoms with E-state index < -0.39 is 40.9 Å². The quantitative estimate of drug-likeness (QED) is 0.0740. The number of aliphatic imine (C=N–C) groups is 1. The van der Waals surface area contributed by atoms with Crippen molar-refractivity contribution in [3.63, 3.8) is 0 Å². The minimum atomic E-state index is -0.854. The Kier molecular flexibility index (Phi) is 15.1. The molecule has 0 saturated heterocycles. The van der Waals surface area contributed by atoms with Crippen LogP contribution in [0.5, 0.6) is 5.75 Å². The van der Waals surface area contributed by atoms with Crippen molar-refractivity contribution < 1.29 is 42.9 Å². The van der Waals surface area contributed by atoms with Crippen LogP contribution in [0.2, 0.25) is 5.02 Å². The van der Waals surface area contributed by atoms with Crippen molar-refractivity contribution in [2.75, 3.05) is 18.5 Å². The molecule has 314 valence electrons. The van der Waals surface area contributed by atoms with E-state index in [1.807, 2.05) is 26.8 Å². The molecule has 3 rings (SSSR count). The summed E-state index contributed by atoms with van der Waals surface area (Å²) >= 11 is 6.67. The van der Waals surface area contributed by atoms with E-state index in [9.17, 15) is 24.0 Å². The summed E-state index contributed by atoms with van der Waals surface area (Å²) < 4.78 is 21.7. The lowest BCUT2D eigenvalue weighted by molar-refractivity contribution is 0.00684. The van der Waals surface area contributed by atoms with Gasteiger partial charge in [0, 0.05) is 26.2 Å². The Labute approximate surface area is 346 Å². The molecule has 14 nitrogen and oxygen atoms in total. The maximum Gasteiger partial charge on any atom is 0.414 e. The first kappa shape index (κ1) is 46.8. The van der Waals surface area contributed by atoms with Crippen molar-refractivity contribution in [2.45, 2.75) is 106 Å². The first-order valence-electron chi connectivity index (χ1n) is 18.6. The molecular formula is C43H56ClN5O9. The van der Waals surface area contributed by atoms with Crippen LogP contribution in [0.15, 0.2) is 71.7 Å². The molecule has 15 heteroatoms. The normalized spacial score (nSPS) is 11.8. The van der Waals surface area contributed by atoms with Gasteiger partial charge in [0.1, 0.15) is 22.6 Å². The van der Waals surface area contributed by atoms with Crippen molar-refractivity contribution in [3.8, 4) is 5.75 Å². The van der Waals surface area contributed by atoms with Crippen LogP contribution in [0.1, 0.15) is 109 Å². The topological polar surface area (TPSA) is 165 Å². The molecule has 0 aromatic heterocycles. The van der Waals surface area contributed by atoms with Crippen LogP contribution >= 0.6 is 11.6 Å². The molecule has 0 fully saturated rings. The van der Waals surface area contributed by atoms with Gasteiger partial charge in [-0.2, -0.15) is 0 Å². The summed E-state index contributed by atoms with van der Waals surface area (Å²) in [4.78, 5) is 72.2. The number of guanidine groups is 1. The lowest BCUT2D eigenvalue weighted by atomic mass is 9.96. The highest BCUT2D eigenvalue weighted by molar-refractivity contribution is 6.34. The van der Waals surface area contributed by atoms with Crippen molar-refractivity contribution in [3.05, 3.63) is 88.4 Å². The van der Waals surface area contributed by atoms with Crippen LogP contribution in [0.4, 0.5) is 25.8 Å². The summed E-state index contributed by atoms with van der Waals surface area (Å²) in [6.07, 6.45) is -1.71. The van der Waals surface area contributed by atoms with Gasteiger partial charge in [0.05, 0.1) is 27.5 Å². The van der Waals surface area contributed by atoms with E-state index in [4.69, 9.17) is 30.5 Å². The average Bonchev–Trinajstić information content (AvgIpc) is 3.04. The molecule has 0 aliphatic rings. The zero-order valence-corrected chi connectivity index (χ0v) is 36.4. The molecular weight excluding hydrogens is 766 g/mol. The van der Waals surface area contributed by atoms with Crippen LogP contribution in [0.3, 0.4) is 0 Å². The summed E-state index contributed by atoms with van der Waals surface area (Å²) in [5.74, 6) is -1.27. The van der Waals surface area contributed by atoms with Crippen LogP contribution < -0.4 is 20.3 Å². The molecule has 0 unspecified atom stereocenters. The molecule has 0 radical (unpaired) electrons. The van der Waals surface area contributed by atoms with E-state index >= 15 is 0 Å². The monoisotopic (exact) mass is 821 g/mol. The second kappa shape index (κ2) is 18.8. The van der Waals surface area contributed by atoms with Gasteiger partial charge in [-0.25, -0.2) is 29.0 Å². The molecule has 4 amide bonds. The molecule has 0 aliphatic carbocycles. The predicted molar refractivity (Wildman–Crippen MR) is 224 cm³/mol. The second-order valence-corrected chi connectivity index (χ2v) is 18.1. The van der Waals surface area contributed by atoms with Crippen molar-refractivity contribution in [1.29, 1.82) is 0 Å². The second-order valence-electron chi connectivity index (χ2n) is 17.7. The molecule has 2 N–H and O–H groups in total. The zero-order valence-electron chi connectivity index (χ0n) is 35.7. The third kappa shape index (κ3) is 16.1. The number of rotatable bonds is 8. The summed E-state index contributed by atoms with van der Waals surface area (Å²) in [6, 6.07) is 17.1. The van der Waals surface area contributed by atoms with Gasteiger partial charge in [0.2, 0.25) is 5.96 Å². The molecule has 0 aliphatic heterocycles. The van der Waals surface area contributed by atoms with E-state index in [0.29, 0.717) is 17.8 Å². The fourth-order valence-corrected chi connectivity index (χ4v) is 5.41. The molecule has 3 aromatic rings. The average molecular weight is 822 g/mol. The number of anilines is 1. The Balaban J connectivity index is 1.77. The Hall–Kier alpha value is -5.63. The smallest absolute Gasteiger partial charge is 0.414 e. The first-order chi connectivity index (χ1) is 26.6. The molecule has 0 saturated carbocycles. The number of alkyl carbamates (subject to hydrolysis) is 2. The molecule has 0 spiro atoms. The van der Waals surface area contributed by atoms with Gasteiger partial charge < -0.3 is 23.8 Å². The Morgan fingerprint density at radius 2 is 1.22 bits per heavy atom. The highest BCUT2D eigenvalue weighted by Gasteiger charge is 2.27. The Morgan fingerprint density at radius 3 is 1.72 bits per heavy atom. The third-order valence-corrected chi connectivity index (χ3v) is 7.53. The molecule has 0 bridgehead atoms. The molecule has 0 atom stereocenters. The van der Waals surface area contributed by atoms with Crippen LogP contribution in [0.25, 0.3) is 0 Å². The minimum absolute atomic E-state index is 0.137. The SMILES string of the molecule is CN(C(=O)N(Cc1cccc(C(=O)OC(C)(C)C)c1)CC(C)(C)C)c1ccc(OC(=O)c2ccc(N=C(NC(=O)OC(C)(C)C)NC(=O)OC(C)(C)C)cc2)cc1Cl. The summed E-state index contributed by atoms with van der Waals surface area (Å²) in [7, 11) is 1.60. The van der Waals surface area contributed by atoms with Crippen molar-refractivity contribution in [1.82, 2.24) is 15.5 Å². The van der Waals surface area contributed by atoms with Crippen LogP contribution in [-0.2, 0) is 20.8 Å². The van der Waals surface area contributed by atoms with E-state index in [1.165, 1.54) is 41.3 Å². The number of halogens is 1. The van der Waals surface area contributed by atoms with Gasteiger partial charge in [0.15, 0.2) is 0 Å². The lowest BCUT2D eigenvalue weighted by Crippen LogP contribution is -2.47. The van der Waals surface area contributed by atoms with E-state index in [-0.39, 0.29) is 46.0 Å². The molecule has 3 aromatic carbocycles. The number of hydrogen-bond acceptors (Lipinski definition) is 10. The Morgan fingerprint density at radius 1 is 0.672 bits per heavy atom. The van der Waals surface area contributed by atoms with Gasteiger partial charge in [-0.05, 0) is 122 Å². The van der Waals surface area contributed by atoms with Gasteiger partial charge in [-0.3, -0.25) is 15.5 Å². The summed E-state index contributed by atoms with van der Waals surface area (Å²) in [5, 5.41) is 4.97. The maximum atomic E-state index is 14.0. The summed E-state index contributed by atoms with van der Waals surface area (Å²) in [5.41, 5.74) is -0.583. The number of carbonyl (C=O) groups is 5. The van der Waals surface area contributed by atoms with Gasteiger partial charge in [-0.15, -0.1) is 0 Å². The number of nitrogens with one attached hydrogen (secondary N) is 2. The standard InChI is InChI=1S/C43H56ClN5O9/c1-40(2,3)26-49(25-27-15-14-16-29(23-27)35(51)56-41(4,5)6)39(54)48(13)33-22-21-31(24-32(33)44)55-34(50)28-17-19-30(20-18-28)45-36(46-37(52)57-42(7,8)9)47-38(53)58-43(10,11)12/h14-24H,25-26H2,1-13H3,(H2,45,46,47,52,53). The fourth-order valence-electron chi connectivity index (χ4n) is 5.11. The van der Waals surface area contributed by atoms with Crippen LogP contribution in [-0.4, -0.2) is 71.4 Å². The number of nitrogens with zero attached hydrogens (tertiary/aromatic N) is 3. The highest BCUT2D eigenvalue weighted by atomic mass is 35.5. The number of esters is 2. The highest BCUT2D eigenvalue weighted by Crippen LogP contribution is 2.31. The van der Waals surface area contributed by atoms with E-state index in [1.54, 1.807) is 98.5 Å². The van der Waals surface area contributed by atoms with Crippen LogP contribution in [0, 0.1) is 5.41 Å². The first-order valence-corrected chi connectivity index (χ1v) is 19.0. The van der Waals surface area contributed by atoms with E-state index in [0.717, 1.165) is 5.56 Å². The number of amides is 4. The minimum Gasteiger partial charge on any atom is -0.456 e. The van der Waals surface area contributed by atoms with Gasteiger partial charge >= 0.3 is 30.2 Å². The third-order valence-electron chi connectivity index (χ3n) is 7.23. The van der Waals surface area contributed by atoms with E-state index in [2.05, 4.69) is 15.6 Å². The number of ether oxygens (including phenoxy) is 4. The Bertz CT molecular complexity index is 1970. The predicted octanol–water partition coefficient (Wildman–Crippen LogP) is 9.66. The van der Waals surface area contributed by atoms with Crippen molar-refractivity contribution >= 4 is 59.1 Å². The number of hydrogen-bond donors (Lipinski definition) is 2. The maximum absolute atomic E-state index is 14.0. The molecule has 0 heterocycles.